The molecule has 0 saturated heterocycles. The third-order valence-corrected chi connectivity index (χ3v) is 4.46. The Morgan fingerprint density at radius 3 is 1.40 bits per heavy atom. The molecule has 25 heavy (non-hydrogen) atoms. The van der Waals surface area contributed by atoms with Crippen LogP contribution in [0.3, 0.4) is 0 Å². The van der Waals surface area contributed by atoms with E-state index in [4.69, 9.17) is 10.5 Å². The maximum atomic E-state index is 11.0. The molecule has 3 N–H and O–H groups in total. The first-order valence-corrected chi connectivity index (χ1v) is 10.4. The van der Waals surface area contributed by atoms with Gasteiger partial charge in [0.25, 0.3) is 0 Å². The number of hydrogen-bond donors (Lipinski definition) is 2. The molecule has 0 fully saturated rings. The number of unbranched alkanes of at least 4 members (excludes halogenated alkanes) is 15. The fourth-order valence-corrected chi connectivity index (χ4v) is 2.95. The number of hydrogen-bond acceptors (Lipinski definition) is 3. The quantitative estimate of drug-likeness (QED) is 0.311. The number of nitrogens with two attached hydrogens (primary N) is 1. The number of carbonyl (C=O) groups excluding carboxylic acids is 2. The van der Waals surface area contributed by atoms with Crippen molar-refractivity contribution in [3.63, 3.8) is 0 Å². The Morgan fingerprint density at radius 2 is 1.04 bits per heavy atom. The van der Waals surface area contributed by atoms with E-state index in [2.05, 4.69) is 6.92 Å². The molecule has 0 rings (SSSR count). The van der Waals surface area contributed by atoms with Crippen LogP contribution in [0.25, 0.3) is 0 Å². The molecule has 3 amide bonds. The van der Waals surface area contributed by atoms with E-state index >= 15 is 0 Å². The third-order valence-electron chi connectivity index (χ3n) is 4.46. The van der Waals surface area contributed by atoms with Gasteiger partial charge in [-0.05, 0) is 6.42 Å². The highest BCUT2D eigenvalue weighted by Gasteiger charge is 2.03. The van der Waals surface area contributed by atoms with Crippen molar-refractivity contribution in [1.29, 1.82) is 0 Å². The van der Waals surface area contributed by atoms with Gasteiger partial charge in [-0.1, -0.05) is 103 Å². The molecule has 0 heterocycles. The van der Waals surface area contributed by atoms with Gasteiger partial charge in [-0.25, -0.2) is 14.9 Å². The Kier molecular flexibility index (Phi) is 18.1. The summed E-state index contributed by atoms with van der Waals surface area (Å²) >= 11 is 0. The van der Waals surface area contributed by atoms with Crippen molar-refractivity contribution in [1.82, 2.24) is 5.32 Å². The zero-order chi connectivity index (χ0) is 18.6. The number of alkyl carbamates (subject to hydrolysis) is 1. The summed E-state index contributed by atoms with van der Waals surface area (Å²) < 4.78 is 4.82. The minimum Gasteiger partial charge on any atom is -0.449 e. The van der Waals surface area contributed by atoms with E-state index in [1.165, 1.54) is 89.9 Å². The van der Waals surface area contributed by atoms with Crippen LogP contribution in [0.4, 0.5) is 9.59 Å². The first-order valence-electron chi connectivity index (χ1n) is 10.4. The molecule has 0 atom stereocenters. The molecule has 0 aliphatic heterocycles. The SMILES string of the molecule is CCCCCCCCCCCCCCCCCCOC(=O)NC(N)=O. The molecule has 148 valence electrons. The standard InChI is InChI=1S/C20H40N2O3/c1-2-3-4-5-6-7-8-9-10-11-12-13-14-15-16-17-18-25-20(24)22-19(21)23/h2-18H2,1H3,(H3,21,22,23,24). The van der Waals surface area contributed by atoms with Crippen LogP contribution in [-0.2, 0) is 4.74 Å². The molecule has 0 bridgehead atoms. The van der Waals surface area contributed by atoms with E-state index in [1.807, 2.05) is 5.32 Å². The van der Waals surface area contributed by atoms with Crippen LogP contribution in [0, 0.1) is 0 Å². The highest BCUT2D eigenvalue weighted by atomic mass is 16.5. The lowest BCUT2D eigenvalue weighted by atomic mass is 10.0. The van der Waals surface area contributed by atoms with Crippen LogP contribution >= 0.6 is 0 Å². The van der Waals surface area contributed by atoms with Crippen molar-refractivity contribution in [3.05, 3.63) is 0 Å². The van der Waals surface area contributed by atoms with Gasteiger partial charge in [0.05, 0.1) is 6.61 Å². The summed E-state index contributed by atoms with van der Waals surface area (Å²) in [4.78, 5) is 21.4. The van der Waals surface area contributed by atoms with Crippen LogP contribution in [0.15, 0.2) is 0 Å². The van der Waals surface area contributed by atoms with Crippen molar-refractivity contribution >= 4 is 12.1 Å². The molecule has 0 unspecified atom stereocenters. The topological polar surface area (TPSA) is 81.4 Å². The van der Waals surface area contributed by atoms with Gasteiger partial charge in [0, 0.05) is 0 Å². The molecule has 0 aliphatic carbocycles. The number of rotatable bonds is 17. The lowest BCUT2D eigenvalue weighted by Gasteiger charge is -2.05. The Balaban J connectivity index is 3.07. The second-order valence-corrected chi connectivity index (χ2v) is 6.93. The van der Waals surface area contributed by atoms with E-state index in [0.29, 0.717) is 6.61 Å². The van der Waals surface area contributed by atoms with Gasteiger partial charge in [-0.15, -0.1) is 0 Å². The second-order valence-electron chi connectivity index (χ2n) is 6.93. The lowest BCUT2D eigenvalue weighted by Crippen LogP contribution is -2.35. The Morgan fingerprint density at radius 1 is 0.680 bits per heavy atom. The molecule has 0 aromatic rings. The third kappa shape index (κ3) is 20.7. The van der Waals surface area contributed by atoms with Gasteiger partial charge in [-0.3, -0.25) is 0 Å². The fraction of sp³-hybridized carbons (Fsp3) is 0.900. The molecule has 0 spiro atoms. The van der Waals surface area contributed by atoms with Gasteiger partial charge in [0.2, 0.25) is 0 Å². The number of urea groups is 1. The second kappa shape index (κ2) is 19.1. The summed E-state index contributed by atoms with van der Waals surface area (Å²) in [6, 6.07) is -0.878. The highest BCUT2D eigenvalue weighted by molar-refractivity contribution is 5.89. The average molecular weight is 357 g/mol. The first-order chi connectivity index (χ1) is 12.2. The van der Waals surface area contributed by atoms with Crippen molar-refractivity contribution in [2.45, 2.75) is 110 Å². The predicted molar refractivity (Wildman–Crippen MR) is 104 cm³/mol. The molecule has 0 saturated carbocycles. The Hall–Kier alpha value is -1.26. The number of nitrogens with one attached hydrogen (secondary N) is 1. The number of amides is 3. The molecule has 0 aromatic carbocycles. The lowest BCUT2D eigenvalue weighted by molar-refractivity contribution is 0.145. The molecule has 0 aromatic heterocycles. The zero-order valence-electron chi connectivity index (χ0n) is 16.3. The molecular weight excluding hydrogens is 316 g/mol. The average Bonchev–Trinajstić information content (AvgIpc) is 2.57. The minimum atomic E-state index is -0.878. The van der Waals surface area contributed by atoms with E-state index in [0.717, 1.165) is 12.8 Å². The highest BCUT2D eigenvalue weighted by Crippen LogP contribution is 2.13. The minimum absolute atomic E-state index is 0.345. The van der Waals surface area contributed by atoms with Crippen molar-refractivity contribution in [2.75, 3.05) is 6.61 Å². The fourth-order valence-electron chi connectivity index (χ4n) is 2.95. The summed E-state index contributed by atoms with van der Waals surface area (Å²) in [6.45, 7) is 2.61. The van der Waals surface area contributed by atoms with Crippen LogP contribution in [0.5, 0.6) is 0 Å². The van der Waals surface area contributed by atoms with Gasteiger partial charge in [0.1, 0.15) is 0 Å². The number of ether oxygens (including phenoxy) is 1. The summed E-state index contributed by atoms with van der Waals surface area (Å²) in [7, 11) is 0. The van der Waals surface area contributed by atoms with Gasteiger partial charge >= 0.3 is 12.1 Å². The molecular formula is C20H40N2O3. The zero-order valence-corrected chi connectivity index (χ0v) is 16.3. The normalized spacial score (nSPS) is 10.6. The monoisotopic (exact) mass is 356 g/mol. The molecule has 0 aliphatic rings. The van der Waals surface area contributed by atoms with E-state index in [-0.39, 0.29) is 0 Å². The maximum Gasteiger partial charge on any atom is 0.415 e. The van der Waals surface area contributed by atoms with Crippen molar-refractivity contribution < 1.29 is 14.3 Å². The van der Waals surface area contributed by atoms with Gasteiger partial charge in [0.15, 0.2) is 0 Å². The number of carbonyl (C=O) groups is 2. The maximum absolute atomic E-state index is 11.0. The van der Waals surface area contributed by atoms with Crippen LogP contribution < -0.4 is 11.1 Å². The van der Waals surface area contributed by atoms with E-state index in [1.54, 1.807) is 0 Å². The van der Waals surface area contributed by atoms with Crippen LogP contribution in [0.2, 0.25) is 0 Å². The molecule has 0 radical (unpaired) electrons. The number of imide groups is 1. The van der Waals surface area contributed by atoms with Crippen molar-refractivity contribution in [2.24, 2.45) is 5.73 Å². The summed E-state index contributed by atoms with van der Waals surface area (Å²) in [6.07, 6.45) is 20.2. The summed E-state index contributed by atoms with van der Waals surface area (Å²) in [5, 5.41) is 1.88. The Labute approximate surface area is 154 Å². The van der Waals surface area contributed by atoms with Gasteiger partial charge in [-0.2, -0.15) is 0 Å². The van der Waals surface area contributed by atoms with E-state index in [9.17, 15) is 9.59 Å². The molecule has 5 nitrogen and oxygen atoms in total. The number of primary amides is 1. The Bertz CT molecular complexity index is 322. The first kappa shape index (κ1) is 23.7. The van der Waals surface area contributed by atoms with Crippen LogP contribution in [0.1, 0.15) is 110 Å². The summed E-state index contributed by atoms with van der Waals surface area (Å²) in [5.74, 6) is 0. The van der Waals surface area contributed by atoms with Crippen LogP contribution in [-0.4, -0.2) is 18.7 Å². The largest absolute Gasteiger partial charge is 0.449 e. The predicted octanol–water partition coefficient (Wildman–Crippen LogP) is 6.05. The summed E-state index contributed by atoms with van der Waals surface area (Å²) in [5.41, 5.74) is 4.81. The molecule has 5 heteroatoms. The van der Waals surface area contributed by atoms with Crippen molar-refractivity contribution in [3.8, 4) is 0 Å². The van der Waals surface area contributed by atoms with E-state index < -0.39 is 12.1 Å². The smallest absolute Gasteiger partial charge is 0.415 e. The van der Waals surface area contributed by atoms with Gasteiger partial charge < -0.3 is 10.5 Å².